The van der Waals surface area contributed by atoms with Gasteiger partial charge >= 0.3 is 5.97 Å². The molecule has 1 aromatic heterocycles. The molecule has 1 aromatic carbocycles. The highest BCUT2D eigenvalue weighted by atomic mass is 16.7. The molecule has 1 unspecified atom stereocenters. The summed E-state index contributed by atoms with van der Waals surface area (Å²) in [4.78, 5) is 20.9. The molecule has 1 N–H and O–H groups in total. The summed E-state index contributed by atoms with van der Waals surface area (Å²) < 4.78 is 16.7. The maximum absolute atomic E-state index is 12.1. The number of para-hydroxylation sites is 1. The molecule has 2 aliphatic rings. The summed E-state index contributed by atoms with van der Waals surface area (Å²) in [6.07, 6.45) is 5.08. The van der Waals surface area contributed by atoms with E-state index in [2.05, 4.69) is 9.97 Å². The highest BCUT2D eigenvalue weighted by Gasteiger charge is 2.43. The fraction of sp³-hybridized carbons (Fsp3) is 0.550. The lowest BCUT2D eigenvalue weighted by Gasteiger charge is -2.37. The summed E-state index contributed by atoms with van der Waals surface area (Å²) in [6.45, 7) is 1.26. The monoisotopic (exact) mass is 372 g/mol. The second kappa shape index (κ2) is 7.40. The molecular formula is C20H24N2O5. The van der Waals surface area contributed by atoms with E-state index in [0.29, 0.717) is 31.0 Å². The first kappa shape index (κ1) is 18.1. The highest BCUT2D eigenvalue weighted by Crippen LogP contribution is 2.41. The van der Waals surface area contributed by atoms with Gasteiger partial charge in [0.15, 0.2) is 5.79 Å². The number of methoxy groups -OCH3 is 1. The van der Waals surface area contributed by atoms with E-state index in [-0.39, 0.29) is 5.92 Å². The molecule has 1 aliphatic heterocycles. The van der Waals surface area contributed by atoms with Crippen LogP contribution in [0.15, 0.2) is 24.4 Å². The van der Waals surface area contributed by atoms with Crippen LogP contribution in [0.3, 0.4) is 0 Å². The number of aliphatic carboxylic acids is 1. The second-order valence-corrected chi connectivity index (χ2v) is 7.29. The molecule has 0 bridgehead atoms. The molecule has 2 fully saturated rings. The van der Waals surface area contributed by atoms with Crippen LogP contribution < -0.4 is 4.74 Å². The lowest BCUT2D eigenvalue weighted by atomic mass is 9.75. The van der Waals surface area contributed by atoms with Crippen molar-refractivity contribution in [1.82, 2.24) is 9.97 Å². The SMILES string of the molecule is COc1cnc2cccc(CC(C(=O)O)C3CCC4(CC3)OCCO4)c2n1. The number of carbonyl (C=O) groups is 1. The number of carboxylic acids is 1. The van der Waals surface area contributed by atoms with Gasteiger partial charge in [0.05, 0.1) is 43.5 Å². The number of nitrogens with zero attached hydrogens (tertiary/aromatic N) is 2. The van der Waals surface area contributed by atoms with Gasteiger partial charge in [-0.25, -0.2) is 9.97 Å². The predicted octanol–water partition coefficient (Wildman–Crippen LogP) is 2.82. The Morgan fingerprint density at radius 2 is 2.07 bits per heavy atom. The van der Waals surface area contributed by atoms with Crippen LogP contribution >= 0.6 is 0 Å². The van der Waals surface area contributed by atoms with Gasteiger partial charge in [-0.3, -0.25) is 4.79 Å². The smallest absolute Gasteiger partial charge is 0.307 e. The molecule has 1 aliphatic carbocycles. The molecule has 1 spiro atoms. The van der Waals surface area contributed by atoms with Crippen LogP contribution in [-0.2, 0) is 20.7 Å². The Kier molecular flexibility index (Phi) is 4.97. The molecule has 144 valence electrons. The summed E-state index contributed by atoms with van der Waals surface area (Å²) in [7, 11) is 1.55. The minimum absolute atomic E-state index is 0.0924. The molecule has 1 saturated carbocycles. The van der Waals surface area contributed by atoms with Crippen LogP contribution in [-0.4, -0.2) is 47.2 Å². The minimum atomic E-state index is -0.767. The summed E-state index contributed by atoms with van der Waals surface area (Å²) in [5.74, 6) is -1.19. The van der Waals surface area contributed by atoms with Crippen molar-refractivity contribution in [3.05, 3.63) is 30.0 Å². The highest BCUT2D eigenvalue weighted by molar-refractivity contribution is 5.79. The lowest BCUT2D eigenvalue weighted by Crippen LogP contribution is -2.38. The average molecular weight is 372 g/mol. The predicted molar refractivity (Wildman–Crippen MR) is 97.5 cm³/mol. The summed E-state index contributed by atoms with van der Waals surface area (Å²) >= 11 is 0. The van der Waals surface area contributed by atoms with Gasteiger partial charge in [-0.1, -0.05) is 12.1 Å². The number of benzene rings is 1. The van der Waals surface area contributed by atoms with Gasteiger partial charge in [-0.05, 0) is 36.8 Å². The topological polar surface area (TPSA) is 90.8 Å². The molecule has 1 saturated heterocycles. The van der Waals surface area contributed by atoms with Crippen LogP contribution in [0.2, 0.25) is 0 Å². The van der Waals surface area contributed by atoms with Crippen molar-refractivity contribution in [3.8, 4) is 5.88 Å². The van der Waals surface area contributed by atoms with Crippen LogP contribution in [0.1, 0.15) is 31.2 Å². The van der Waals surface area contributed by atoms with Crippen LogP contribution in [0.25, 0.3) is 11.0 Å². The molecule has 2 heterocycles. The van der Waals surface area contributed by atoms with Gasteiger partial charge in [0.1, 0.15) is 0 Å². The van der Waals surface area contributed by atoms with E-state index in [1.807, 2.05) is 18.2 Å². The summed E-state index contributed by atoms with van der Waals surface area (Å²) in [5.41, 5.74) is 2.34. The van der Waals surface area contributed by atoms with Crippen LogP contribution in [0.4, 0.5) is 0 Å². The third kappa shape index (κ3) is 3.61. The zero-order valence-corrected chi connectivity index (χ0v) is 15.4. The lowest BCUT2D eigenvalue weighted by molar-refractivity contribution is -0.186. The molecule has 27 heavy (non-hydrogen) atoms. The number of aromatic nitrogens is 2. The van der Waals surface area contributed by atoms with Gasteiger partial charge < -0.3 is 19.3 Å². The van der Waals surface area contributed by atoms with E-state index in [1.54, 1.807) is 13.3 Å². The summed E-state index contributed by atoms with van der Waals surface area (Å²) in [6, 6.07) is 5.70. The number of fused-ring (bicyclic) bond motifs is 1. The molecule has 2 aromatic rings. The standard InChI is InChI=1S/C20H24N2O5/c1-25-17-12-21-16-4-2-3-14(18(16)22-17)11-15(19(23)24)13-5-7-20(8-6-13)26-9-10-27-20/h2-4,12-13,15H,5-11H2,1H3,(H,23,24). The molecular weight excluding hydrogens is 348 g/mol. The Labute approximate surface area is 157 Å². The first-order valence-corrected chi connectivity index (χ1v) is 9.39. The molecule has 7 nitrogen and oxygen atoms in total. The third-order valence-corrected chi connectivity index (χ3v) is 5.78. The maximum atomic E-state index is 12.1. The van der Waals surface area contributed by atoms with Gasteiger partial charge in [0.2, 0.25) is 5.88 Å². The van der Waals surface area contributed by atoms with E-state index in [9.17, 15) is 9.90 Å². The first-order valence-electron chi connectivity index (χ1n) is 9.39. The van der Waals surface area contributed by atoms with Crippen molar-refractivity contribution >= 4 is 17.0 Å². The normalized spacial score (nSPS) is 20.8. The van der Waals surface area contributed by atoms with Crippen molar-refractivity contribution in [3.63, 3.8) is 0 Å². The van der Waals surface area contributed by atoms with Crippen molar-refractivity contribution in [2.45, 2.75) is 37.9 Å². The molecule has 1 atom stereocenters. The van der Waals surface area contributed by atoms with Gasteiger partial charge in [-0.15, -0.1) is 0 Å². The Morgan fingerprint density at radius 3 is 2.74 bits per heavy atom. The molecule has 0 amide bonds. The van der Waals surface area contributed by atoms with Gasteiger partial charge in [0.25, 0.3) is 0 Å². The number of carboxylic acid groups (broad SMARTS) is 1. The third-order valence-electron chi connectivity index (χ3n) is 5.78. The number of rotatable bonds is 5. The summed E-state index contributed by atoms with van der Waals surface area (Å²) in [5, 5.41) is 9.89. The van der Waals surface area contributed by atoms with Crippen LogP contribution in [0, 0.1) is 11.8 Å². The van der Waals surface area contributed by atoms with Crippen molar-refractivity contribution in [1.29, 1.82) is 0 Å². The fourth-order valence-electron chi connectivity index (χ4n) is 4.30. The molecule has 0 radical (unpaired) electrons. The quantitative estimate of drug-likeness (QED) is 0.863. The molecule has 7 heteroatoms. The minimum Gasteiger partial charge on any atom is -0.481 e. The maximum Gasteiger partial charge on any atom is 0.307 e. The Morgan fingerprint density at radius 1 is 1.33 bits per heavy atom. The van der Waals surface area contributed by atoms with E-state index in [1.165, 1.54) is 0 Å². The Bertz CT molecular complexity index is 824. The van der Waals surface area contributed by atoms with E-state index < -0.39 is 17.7 Å². The zero-order valence-electron chi connectivity index (χ0n) is 15.4. The van der Waals surface area contributed by atoms with Crippen molar-refractivity contribution in [2.75, 3.05) is 20.3 Å². The van der Waals surface area contributed by atoms with Crippen molar-refractivity contribution in [2.24, 2.45) is 11.8 Å². The Hall–Kier alpha value is -2.25. The van der Waals surface area contributed by atoms with E-state index in [4.69, 9.17) is 14.2 Å². The van der Waals surface area contributed by atoms with Gasteiger partial charge in [-0.2, -0.15) is 0 Å². The average Bonchev–Trinajstić information content (AvgIpc) is 3.14. The molecule has 4 rings (SSSR count). The number of ether oxygens (including phenoxy) is 3. The fourth-order valence-corrected chi connectivity index (χ4v) is 4.30. The van der Waals surface area contributed by atoms with E-state index >= 15 is 0 Å². The largest absolute Gasteiger partial charge is 0.481 e. The zero-order chi connectivity index (χ0) is 18.9. The first-order chi connectivity index (χ1) is 13.1. The van der Waals surface area contributed by atoms with Crippen LogP contribution in [0.5, 0.6) is 5.88 Å². The Balaban J connectivity index is 1.55. The van der Waals surface area contributed by atoms with Crippen molar-refractivity contribution < 1.29 is 24.1 Å². The van der Waals surface area contributed by atoms with E-state index in [0.717, 1.165) is 36.8 Å². The number of hydrogen-bond donors (Lipinski definition) is 1. The second-order valence-electron chi connectivity index (χ2n) is 7.29. The number of hydrogen-bond acceptors (Lipinski definition) is 6. The van der Waals surface area contributed by atoms with Gasteiger partial charge in [0, 0.05) is 12.8 Å².